The summed E-state index contributed by atoms with van der Waals surface area (Å²) in [6.07, 6.45) is 9.56. The van der Waals surface area contributed by atoms with E-state index in [9.17, 15) is 9.59 Å². The van der Waals surface area contributed by atoms with E-state index >= 15 is 0 Å². The van der Waals surface area contributed by atoms with Gasteiger partial charge >= 0.3 is 0 Å². The second-order valence-electron chi connectivity index (χ2n) is 7.98. The molecule has 0 fully saturated rings. The number of unbranched alkanes of at least 4 members (excludes halogenated alkanes) is 4. The lowest BCUT2D eigenvalue weighted by atomic mass is 9.95. The molecular formula is C24H30Cl2N2O3S. The molecule has 2 amide bonds. The van der Waals surface area contributed by atoms with Crippen molar-refractivity contribution in [3.8, 4) is 5.75 Å². The highest BCUT2D eigenvalue weighted by molar-refractivity contribution is 7.17. The standard InChI is InChI=1S/C24H30Cl2N2O3S/c1-3-4-5-6-9-12-31-21-17(25)13-15(14-18(21)26)22(29)28-24-20(23(30)27-2)16-10-7-8-11-19(16)32-24/h13-14H,3-12H2,1-2H3,(H,27,30)(H,28,29). The summed E-state index contributed by atoms with van der Waals surface area (Å²) in [7, 11) is 1.60. The van der Waals surface area contributed by atoms with E-state index in [1.807, 2.05) is 0 Å². The highest BCUT2D eigenvalue weighted by atomic mass is 35.5. The Balaban J connectivity index is 1.72. The molecular weight excluding hydrogens is 467 g/mol. The van der Waals surface area contributed by atoms with Gasteiger partial charge in [0.05, 0.1) is 22.2 Å². The van der Waals surface area contributed by atoms with E-state index < -0.39 is 0 Å². The summed E-state index contributed by atoms with van der Waals surface area (Å²) in [6, 6.07) is 3.12. The van der Waals surface area contributed by atoms with Crippen LogP contribution in [0.2, 0.25) is 10.0 Å². The number of carbonyl (C=O) groups excluding carboxylic acids is 2. The number of rotatable bonds is 10. The Morgan fingerprint density at radius 2 is 1.72 bits per heavy atom. The zero-order valence-corrected chi connectivity index (χ0v) is 20.9. The number of hydrogen-bond acceptors (Lipinski definition) is 4. The first-order valence-electron chi connectivity index (χ1n) is 11.3. The van der Waals surface area contributed by atoms with Crippen molar-refractivity contribution in [3.63, 3.8) is 0 Å². The molecule has 0 saturated heterocycles. The summed E-state index contributed by atoms with van der Waals surface area (Å²) in [5, 5.41) is 6.76. The van der Waals surface area contributed by atoms with Gasteiger partial charge in [-0.25, -0.2) is 0 Å². The number of nitrogens with one attached hydrogen (secondary N) is 2. The van der Waals surface area contributed by atoms with Crippen LogP contribution in [0.1, 0.15) is 83.0 Å². The van der Waals surface area contributed by atoms with Crippen LogP contribution in [-0.2, 0) is 12.8 Å². The Labute approximate surface area is 203 Å². The van der Waals surface area contributed by atoms with Crippen LogP contribution in [0.25, 0.3) is 0 Å². The third-order valence-corrected chi connectivity index (χ3v) is 7.38. The summed E-state index contributed by atoms with van der Waals surface area (Å²) in [5.41, 5.74) is 1.94. The van der Waals surface area contributed by atoms with Crippen molar-refractivity contribution in [3.05, 3.63) is 43.7 Å². The molecule has 1 aliphatic carbocycles. The second kappa shape index (κ2) is 11.9. The quantitative estimate of drug-likeness (QED) is 0.351. The molecule has 3 rings (SSSR count). The van der Waals surface area contributed by atoms with E-state index in [2.05, 4.69) is 17.6 Å². The number of anilines is 1. The molecule has 1 aliphatic rings. The maximum Gasteiger partial charge on any atom is 0.256 e. The van der Waals surface area contributed by atoms with E-state index in [1.165, 1.54) is 35.5 Å². The number of thiophene rings is 1. The van der Waals surface area contributed by atoms with Crippen LogP contribution in [-0.4, -0.2) is 25.5 Å². The number of benzene rings is 1. The molecule has 0 atom stereocenters. The van der Waals surface area contributed by atoms with Gasteiger partial charge in [-0.3, -0.25) is 9.59 Å². The molecule has 2 aromatic rings. The molecule has 1 aromatic carbocycles. The minimum atomic E-state index is -0.358. The maximum absolute atomic E-state index is 13.0. The molecule has 2 N–H and O–H groups in total. The Morgan fingerprint density at radius 1 is 1.03 bits per heavy atom. The van der Waals surface area contributed by atoms with Gasteiger partial charge in [0.1, 0.15) is 5.00 Å². The predicted octanol–water partition coefficient (Wildman–Crippen LogP) is 6.89. The lowest BCUT2D eigenvalue weighted by Crippen LogP contribution is -2.22. The first kappa shape index (κ1) is 24.9. The number of aryl methyl sites for hydroxylation is 1. The number of halogens is 2. The fraction of sp³-hybridized carbons (Fsp3) is 0.500. The Bertz CT molecular complexity index is 951. The van der Waals surface area contributed by atoms with Gasteiger partial charge in [-0.15, -0.1) is 11.3 Å². The van der Waals surface area contributed by atoms with Crippen LogP contribution in [0.3, 0.4) is 0 Å². The van der Waals surface area contributed by atoms with Crippen molar-refractivity contribution in [1.82, 2.24) is 5.32 Å². The topological polar surface area (TPSA) is 67.4 Å². The molecule has 8 heteroatoms. The van der Waals surface area contributed by atoms with Crippen LogP contribution in [0.15, 0.2) is 12.1 Å². The Hall–Kier alpha value is -1.76. The fourth-order valence-corrected chi connectivity index (χ4v) is 5.78. The van der Waals surface area contributed by atoms with E-state index in [1.54, 1.807) is 19.2 Å². The number of hydrogen-bond donors (Lipinski definition) is 2. The smallest absolute Gasteiger partial charge is 0.256 e. The zero-order valence-electron chi connectivity index (χ0n) is 18.6. The van der Waals surface area contributed by atoms with Gasteiger partial charge in [0.15, 0.2) is 5.75 Å². The maximum atomic E-state index is 13.0. The molecule has 0 saturated carbocycles. The summed E-state index contributed by atoms with van der Waals surface area (Å²) >= 11 is 14.2. The molecule has 174 valence electrons. The summed E-state index contributed by atoms with van der Waals surface area (Å²) in [4.78, 5) is 26.6. The lowest BCUT2D eigenvalue weighted by molar-refractivity contribution is 0.0963. The monoisotopic (exact) mass is 496 g/mol. The number of amides is 2. The van der Waals surface area contributed by atoms with Gasteiger partial charge in [0.25, 0.3) is 11.8 Å². The van der Waals surface area contributed by atoms with Crippen molar-refractivity contribution >= 4 is 51.4 Å². The number of ether oxygens (including phenoxy) is 1. The lowest BCUT2D eigenvalue weighted by Gasteiger charge is -2.13. The molecule has 0 aliphatic heterocycles. The fourth-order valence-electron chi connectivity index (χ4n) is 3.90. The minimum absolute atomic E-state index is 0.182. The summed E-state index contributed by atoms with van der Waals surface area (Å²) < 4.78 is 5.77. The molecule has 0 radical (unpaired) electrons. The van der Waals surface area contributed by atoms with E-state index in [0.717, 1.165) is 44.1 Å². The first-order valence-corrected chi connectivity index (χ1v) is 12.8. The van der Waals surface area contributed by atoms with Crippen LogP contribution < -0.4 is 15.4 Å². The molecule has 5 nitrogen and oxygen atoms in total. The van der Waals surface area contributed by atoms with Gasteiger partial charge in [0, 0.05) is 17.5 Å². The zero-order chi connectivity index (χ0) is 23.1. The molecule has 0 bridgehead atoms. The average molecular weight is 497 g/mol. The third-order valence-electron chi connectivity index (χ3n) is 5.61. The molecule has 32 heavy (non-hydrogen) atoms. The van der Waals surface area contributed by atoms with Gasteiger partial charge in [0.2, 0.25) is 0 Å². The Kier molecular flexibility index (Phi) is 9.26. The van der Waals surface area contributed by atoms with Crippen molar-refractivity contribution in [2.45, 2.75) is 64.7 Å². The molecule has 1 aromatic heterocycles. The van der Waals surface area contributed by atoms with Crippen molar-refractivity contribution < 1.29 is 14.3 Å². The van der Waals surface area contributed by atoms with E-state index in [0.29, 0.717) is 38.5 Å². The predicted molar refractivity (Wildman–Crippen MR) is 133 cm³/mol. The SMILES string of the molecule is CCCCCCCOc1c(Cl)cc(C(=O)Nc2sc3c(c2C(=O)NC)CCCC3)cc1Cl. The van der Waals surface area contributed by atoms with Crippen molar-refractivity contribution in [1.29, 1.82) is 0 Å². The van der Waals surface area contributed by atoms with Crippen LogP contribution in [0.4, 0.5) is 5.00 Å². The van der Waals surface area contributed by atoms with Gasteiger partial charge < -0.3 is 15.4 Å². The van der Waals surface area contributed by atoms with Gasteiger partial charge in [-0.1, -0.05) is 55.8 Å². The summed E-state index contributed by atoms with van der Waals surface area (Å²) in [5.74, 6) is -0.139. The average Bonchev–Trinajstić information content (AvgIpc) is 3.14. The van der Waals surface area contributed by atoms with Crippen LogP contribution in [0, 0.1) is 0 Å². The van der Waals surface area contributed by atoms with E-state index in [-0.39, 0.29) is 11.8 Å². The molecule has 0 unspecified atom stereocenters. The van der Waals surface area contributed by atoms with E-state index in [4.69, 9.17) is 27.9 Å². The minimum Gasteiger partial charge on any atom is -0.490 e. The van der Waals surface area contributed by atoms with Crippen molar-refractivity contribution in [2.75, 3.05) is 19.0 Å². The van der Waals surface area contributed by atoms with Crippen molar-refractivity contribution in [2.24, 2.45) is 0 Å². The van der Waals surface area contributed by atoms with Gasteiger partial charge in [-0.05, 0) is 49.8 Å². The van der Waals surface area contributed by atoms with Gasteiger partial charge in [-0.2, -0.15) is 0 Å². The highest BCUT2D eigenvalue weighted by Gasteiger charge is 2.26. The largest absolute Gasteiger partial charge is 0.490 e. The second-order valence-corrected chi connectivity index (χ2v) is 9.90. The first-order chi connectivity index (χ1) is 15.5. The summed E-state index contributed by atoms with van der Waals surface area (Å²) in [6.45, 7) is 2.71. The third kappa shape index (κ3) is 5.97. The number of carbonyl (C=O) groups is 2. The normalized spacial score (nSPS) is 12.9. The molecule has 0 spiro atoms. The Morgan fingerprint density at radius 3 is 2.41 bits per heavy atom. The highest BCUT2D eigenvalue weighted by Crippen LogP contribution is 2.39. The van der Waals surface area contributed by atoms with Crippen LogP contribution in [0.5, 0.6) is 5.75 Å². The molecule has 1 heterocycles. The number of fused-ring (bicyclic) bond motifs is 1. The van der Waals surface area contributed by atoms with Crippen LogP contribution >= 0.6 is 34.5 Å².